The Morgan fingerprint density at radius 2 is 1.79 bits per heavy atom. The van der Waals surface area contributed by atoms with Crippen molar-refractivity contribution >= 4 is 34.8 Å². The van der Waals surface area contributed by atoms with E-state index in [1.807, 2.05) is 25.1 Å². The average Bonchev–Trinajstić information content (AvgIpc) is 2.68. The van der Waals surface area contributed by atoms with Gasteiger partial charge < -0.3 is 15.0 Å². The van der Waals surface area contributed by atoms with E-state index in [1.54, 1.807) is 19.2 Å². The molecule has 0 bridgehead atoms. The van der Waals surface area contributed by atoms with Crippen molar-refractivity contribution in [2.75, 3.05) is 44.7 Å². The van der Waals surface area contributed by atoms with Crippen molar-refractivity contribution in [1.82, 2.24) is 10.2 Å². The maximum Gasteiger partial charge on any atom is 0.234 e. The van der Waals surface area contributed by atoms with Gasteiger partial charge >= 0.3 is 0 Å². The van der Waals surface area contributed by atoms with Crippen LogP contribution < -0.4 is 15.0 Å². The van der Waals surface area contributed by atoms with E-state index in [-0.39, 0.29) is 11.9 Å². The van der Waals surface area contributed by atoms with Crippen LogP contribution in [0.3, 0.4) is 0 Å². The lowest BCUT2D eigenvalue weighted by atomic mass is 10.1. The molecule has 1 N–H and O–H groups in total. The molecule has 0 saturated carbocycles. The zero-order chi connectivity index (χ0) is 20.1. The van der Waals surface area contributed by atoms with Gasteiger partial charge in [0.2, 0.25) is 5.91 Å². The van der Waals surface area contributed by atoms with Gasteiger partial charge in [-0.05, 0) is 48.9 Å². The van der Waals surface area contributed by atoms with Crippen molar-refractivity contribution in [2.45, 2.75) is 13.0 Å². The smallest absolute Gasteiger partial charge is 0.234 e. The highest BCUT2D eigenvalue weighted by Gasteiger charge is 2.20. The van der Waals surface area contributed by atoms with Gasteiger partial charge in [-0.2, -0.15) is 0 Å². The average molecular weight is 422 g/mol. The maximum absolute atomic E-state index is 12.4. The van der Waals surface area contributed by atoms with Crippen LogP contribution in [-0.4, -0.2) is 50.6 Å². The molecule has 28 heavy (non-hydrogen) atoms. The summed E-state index contributed by atoms with van der Waals surface area (Å²) in [6.45, 7) is 5.77. The summed E-state index contributed by atoms with van der Waals surface area (Å²) in [5.41, 5.74) is 2.04. The predicted octanol–water partition coefficient (Wildman–Crippen LogP) is 4.00. The van der Waals surface area contributed by atoms with E-state index >= 15 is 0 Å². The Morgan fingerprint density at radius 1 is 1.11 bits per heavy atom. The Labute approximate surface area is 176 Å². The number of benzene rings is 2. The van der Waals surface area contributed by atoms with Crippen LogP contribution in [0.2, 0.25) is 10.0 Å². The molecule has 0 spiro atoms. The van der Waals surface area contributed by atoms with Gasteiger partial charge in [0.15, 0.2) is 0 Å². The van der Waals surface area contributed by atoms with E-state index in [4.69, 9.17) is 27.9 Å². The first-order chi connectivity index (χ1) is 13.5. The van der Waals surface area contributed by atoms with Crippen LogP contribution >= 0.6 is 23.2 Å². The molecule has 1 heterocycles. The molecule has 1 fully saturated rings. The number of hydrogen-bond donors (Lipinski definition) is 1. The molecule has 1 saturated heterocycles. The number of carbonyl (C=O) groups excluding carboxylic acids is 1. The third-order valence-electron chi connectivity index (χ3n) is 4.98. The lowest BCUT2D eigenvalue weighted by molar-refractivity contribution is -0.123. The van der Waals surface area contributed by atoms with E-state index in [0.29, 0.717) is 16.6 Å². The van der Waals surface area contributed by atoms with Gasteiger partial charge in [-0.1, -0.05) is 29.3 Å². The number of anilines is 1. The van der Waals surface area contributed by atoms with Crippen molar-refractivity contribution in [3.63, 3.8) is 0 Å². The molecule has 0 unspecified atom stereocenters. The summed E-state index contributed by atoms with van der Waals surface area (Å²) in [5, 5.41) is 4.17. The summed E-state index contributed by atoms with van der Waals surface area (Å²) in [6.07, 6.45) is 0. The summed E-state index contributed by atoms with van der Waals surface area (Å²) < 4.78 is 5.21. The standard InChI is InChI=1S/C21H25Cl2N3O2/c1-15(19-8-3-16(22)13-20(19)23)24-21(27)14-25-9-11-26(12-10-25)17-4-6-18(28-2)7-5-17/h3-8,13,15H,9-12,14H2,1-2H3,(H,24,27)/t15-/m1/s1. The molecule has 0 aliphatic carbocycles. The second-order valence-corrected chi connectivity index (χ2v) is 7.76. The fourth-order valence-electron chi connectivity index (χ4n) is 3.38. The lowest BCUT2D eigenvalue weighted by Crippen LogP contribution is -2.49. The quantitative estimate of drug-likeness (QED) is 0.765. The molecule has 1 atom stereocenters. The minimum Gasteiger partial charge on any atom is -0.497 e. The molecule has 2 aromatic rings. The van der Waals surface area contributed by atoms with Crippen molar-refractivity contribution in [2.24, 2.45) is 0 Å². The lowest BCUT2D eigenvalue weighted by Gasteiger charge is -2.36. The molecule has 5 nitrogen and oxygen atoms in total. The molecule has 1 aliphatic rings. The largest absolute Gasteiger partial charge is 0.497 e. The third kappa shape index (κ3) is 5.31. The van der Waals surface area contributed by atoms with E-state index < -0.39 is 0 Å². The number of ether oxygens (including phenoxy) is 1. The van der Waals surface area contributed by atoms with Gasteiger partial charge in [0.1, 0.15) is 5.75 Å². The van der Waals surface area contributed by atoms with Crippen LogP contribution in [-0.2, 0) is 4.79 Å². The van der Waals surface area contributed by atoms with E-state index in [1.165, 1.54) is 5.69 Å². The Morgan fingerprint density at radius 3 is 2.39 bits per heavy atom. The second-order valence-electron chi connectivity index (χ2n) is 6.92. The first kappa shape index (κ1) is 20.8. The molecule has 0 aromatic heterocycles. The van der Waals surface area contributed by atoms with Crippen molar-refractivity contribution in [3.05, 3.63) is 58.1 Å². The Hall–Kier alpha value is -1.95. The SMILES string of the molecule is COc1ccc(N2CCN(CC(=O)N[C@H](C)c3ccc(Cl)cc3Cl)CC2)cc1. The summed E-state index contributed by atoms with van der Waals surface area (Å²) in [4.78, 5) is 16.9. The number of carbonyl (C=O) groups is 1. The molecule has 2 aromatic carbocycles. The van der Waals surface area contributed by atoms with Gasteiger partial charge in [-0.15, -0.1) is 0 Å². The summed E-state index contributed by atoms with van der Waals surface area (Å²) in [7, 11) is 1.67. The van der Waals surface area contributed by atoms with Crippen LogP contribution in [0, 0.1) is 0 Å². The zero-order valence-electron chi connectivity index (χ0n) is 16.1. The number of hydrogen-bond acceptors (Lipinski definition) is 4. The number of piperazine rings is 1. The monoisotopic (exact) mass is 421 g/mol. The number of methoxy groups -OCH3 is 1. The minimum absolute atomic E-state index is 0.00332. The van der Waals surface area contributed by atoms with Crippen molar-refractivity contribution < 1.29 is 9.53 Å². The van der Waals surface area contributed by atoms with Gasteiger partial charge in [-0.3, -0.25) is 9.69 Å². The van der Waals surface area contributed by atoms with Crippen LogP contribution in [0.1, 0.15) is 18.5 Å². The molecule has 3 rings (SSSR count). The van der Waals surface area contributed by atoms with Crippen molar-refractivity contribution in [1.29, 1.82) is 0 Å². The molecule has 1 amide bonds. The summed E-state index contributed by atoms with van der Waals surface area (Å²) in [6, 6.07) is 13.2. The molecular weight excluding hydrogens is 397 g/mol. The highest BCUT2D eigenvalue weighted by atomic mass is 35.5. The fourth-order valence-corrected chi connectivity index (χ4v) is 3.95. The minimum atomic E-state index is -0.169. The zero-order valence-corrected chi connectivity index (χ0v) is 17.6. The molecular formula is C21H25Cl2N3O2. The Balaban J connectivity index is 1.47. The fraction of sp³-hybridized carbons (Fsp3) is 0.381. The second kappa shape index (κ2) is 9.50. The maximum atomic E-state index is 12.4. The normalized spacial score (nSPS) is 15.9. The van der Waals surface area contributed by atoms with Crippen LogP contribution in [0.4, 0.5) is 5.69 Å². The number of nitrogens with zero attached hydrogens (tertiary/aromatic N) is 2. The van der Waals surface area contributed by atoms with Crippen LogP contribution in [0.25, 0.3) is 0 Å². The molecule has 150 valence electrons. The Bertz CT molecular complexity index is 806. The highest BCUT2D eigenvalue weighted by molar-refractivity contribution is 6.35. The molecule has 1 aliphatic heterocycles. The highest BCUT2D eigenvalue weighted by Crippen LogP contribution is 2.26. The number of nitrogens with one attached hydrogen (secondary N) is 1. The number of amides is 1. The van der Waals surface area contributed by atoms with E-state index in [9.17, 15) is 4.79 Å². The molecule has 0 radical (unpaired) electrons. The van der Waals surface area contributed by atoms with E-state index in [0.717, 1.165) is 37.5 Å². The van der Waals surface area contributed by atoms with Crippen molar-refractivity contribution in [3.8, 4) is 5.75 Å². The third-order valence-corrected chi connectivity index (χ3v) is 5.55. The first-order valence-corrected chi connectivity index (χ1v) is 10.1. The van der Waals surface area contributed by atoms with Gasteiger partial charge in [0, 0.05) is 41.9 Å². The van der Waals surface area contributed by atoms with Gasteiger partial charge in [0.05, 0.1) is 19.7 Å². The Kier molecular flexibility index (Phi) is 7.05. The molecule has 7 heteroatoms. The van der Waals surface area contributed by atoms with Crippen LogP contribution in [0.15, 0.2) is 42.5 Å². The van der Waals surface area contributed by atoms with E-state index in [2.05, 4.69) is 27.2 Å². The van der Waals surface area contributed by atoms with Gasteiger partial charge in [-0.25, -0.2) is 0 Å². The van der Waals surface area contributed by atoms with Crippen LogP contribution in [0.5, 0.6) is 5.75 Å². The van der Waals surface area contributed by atoms with Gasteiger partial charge in [0.25, 0.3) is 0 Å². The number of halogens is 2. The summed E-state index contributed by atoms with van der Waals surface area (Å²) >= 11 is 12.2. The first-order valence-electron chi connectivity index (χ1n) is 9.32. The predicted molar refractivity (Wildman–Crippen MR) is 115 cm³/mol. The topological polar surface area (TPSA) is 44.8 Å². The number of rotatable bonds is 6. The summed E-state index contributed by atoms with van der Waals surface area (Å²) in [5.74, 6) is 0.852.